The number of para-hydroxylation sites is 1. The lowest BCUT2D eigenvalue weighted by Gasteiger charge is -2.35. The maximum absolute atomic E-state index is 12.7. The number of carbonyl (C=O) groups excluding carboxylic acids is 1. The minimum absolute atomic E-state index is 0.0514. The second-order valence-corrected chi connectivity index (χ2v) is 7.44. The normalized spacial score (nSPS) is 14.8. The molecular formula is C18H17N3OS2. The molecule has 0 radical (unpaired) electrons. The number of aromatic nitrogens is 1. The number of anilines is 1. The van der Waals surface area contributed by atoms with E-state index in [1.165, 1.54) is 17.0 Å². The molecule has 6 heteroatoms. The maximum Gasteiger partial charge on any atom is 0.282 e. The molecule has 1 aliphatic rings. The van der Waals surface area contributed by atoms with Gasteiger partial charge in [0.2, 0.25) is 0 Å². The number of amides is 1. The topological polar surface area (TPSA) is 36.4 Å². The summed E-state index contributed by atoms with van der Waals surface area (Å²) in [4.78, 5) is 22.6. The predicted octanol–water partition coefficient (Wildman–Crippen LogP) is 3.83. The summed E-state index contributed by atoms with van der Waals surface area (Å²) in [6.07, 6.45) is 0. The third kappa shape index (κ3) is 3.07. The lowest BCUT2D eigenvalue weighted by atomic mass is 10.2. The second kappa shape index (κ2) is 6.75. The molecule has 122 valence electrons. The van der Waals surface area contributed by atoms with Gasteiger partial charge in [-0.1, -0.05) is 24.3 Å². The van der Waals surface area contributed by atoms with Gasteiger partial charge >= 0.3 is 0 Å². The van der Waals surface area contributed by atoms with E-state index < -0.39 is 0 Å². The van der Waals surface area contributed by atoms with Crippen LogP contribution in [-0.4, -0.2) is 42.0 Å². The van der Waals surface area contributed by atoms with E-state index in [0.29, 0.717) is 5.01 Å². The zero-order chi connectivity index (χ0) is 16.4. The molecule has 4 nitrogen and oxygen atoms in total. The summed E-state index contributed by atoms with van der Waals surface area (Å²) in [5.41, 5.74) is 2.13. The molecule has 0 N–H and O–H groups in total. The Morgan fingerprint density at radius 1 is 0.958 bits per heavy atom. The van der Waals surface area contributed by atoms with Crippen molar-refractivity contribution in [2.75, 3.05) is 31.1 Å². The quantitative estimate of drug-likeness (QED) is 0.716. The van der Waals surface area contributed by atoms with Crippen LogP contribution in [0.15, 0.2) is 53.2 Å². The first-order chi connectivity index (χ1) is 11.8. The molecule has 0 unspecified atom stereocenters. The van der Waals surface area contributed by atoms with E-state index >= 15 is 0 Å². The van der Waals surface area contributed by atoms with Gasteiger partial charge in [-0.05, 0) is 23.6 Å². The minimum atomic E-state index is 0.0514. The maximum atomic E-state index is 12.7. The monoisotopic (exact) mass is 355 g/mol. The van der Waals surface area contributed by atoms with E-state index in [1.807, 2.05) is 33.9 Å². The molecule has 4 rings (SSSR count). The van der Waals surface area contributed by atoms with Gasteiger partial charge in [-0.15, -0.1) is 22.7 Å². The highest BCUT2D eigenvalue weighted by Gasteiger charge is 2.24. The fraction of sp³-hybridized carbons (Fsp3) is 0.222. The lowest BCUT2D eigenvalue weighted by molar-refractivity contribution is 0.0746. The van der Waals surface area contributed by atoms with Crippen LogP contribution in [0.4, 0.5) is 5.69 Å². The van der Waals surface area contributed by atoms with E-state index in [-0.39, 0.29) is 5.91 Å². The number of nitrogens with zero attached hydrogens (tertiary/aromatic N) is 3. The molecule has 0 aliphatic carbocycles. The van der Waals surface area contributed by atoms with Crippen molar-refractivity contribution in [1.82, 2.24) is 9.88 Å². The van der Waals surface area contributed by atoms with Crippen LogP contribution in [0.5, 0.6) is 0 Å². The van der Waals surface area contributed by atoms with Crippen LogP contribution in [0, 0.1) is 0 Å². The Bertz CT molecular complexity index is 806. The Hall–Kier alpha value is -2.18. The predicted molar refractivity (Wildman–Crippen MR) is 100.0 cm³/mol. The third-order valence-electron chi connectivity index (χ3n) is 4.15. The van der Waals surface area contributed by atoms with Crippen LogP contribution in [-0.2, 0) is 0 Å². The van der Waals surface area contributed by atoms with Crippen LogP contribution < -0.4 is 4.90 Å². The fourth-order valence-corrected chi connectivity index (χ4v) is 4.40. The number of benzene rings is 1. The van der Waals surface area contributed by atoms with Crippen LogP contribution >= 0.6 is 22.7 Å². The van der Waals surface area contributed by atoms with Crippen LogP contribution in [0.2, 0.25) is 0 Å². The van der Waals surface area contributed by atoms with Crippen molar-refractivity contribution in [3.8, 4) is 10.6 Å². The Morgan fingerprint density at radius 3 is 2.46 bits per heavy atom. The van der Waals surface area contributed by atoms with Crippen LogP contribution in [0.3, 0.4) is 0 Å². The van der Waals surface area contributed by atoms with Crippen molar-refractivity contribution in [2.45, 2.75) is 0 Å². The Balaban J connectivity index is 1.41. The first-order valence-corrected chi connectivity index (χ1v) is 9.66. The number of hydrogen-bond donors (Lipinski definition) is 0. The molecule has 1 fully saturated rings. The van der Waals surface area contributed by atoms with Crippen molar-refractivity contribution >= 4 is 34.3 Å². The molecule has 1 saturated heterocycles. The Morgan fingerprint density at radius 2 is 1.75 bits per heavy atom. The average molecular weight is 355 g/mol. The zero-order valence-electron chi connectivity index (χ0n) is 13.1. The molecule has 24 heavy (non-hydrogen) atoms. The van der Waals surface area contributed by atoms with Gasteiger partial charge in [-0.25, -0.2) is 4.98 Å². The highest BCUT2D eigenvalue weighted by atomic mass is 32.1. The number of rotatable bonds is 3. The number of thiophene rings is 1. The van der Waals surface area contributed by atoms with Gasteiger partial charge in [0.15, 0.2) is 5.01 Å². The van der Waals surface area contributed by atoms with E-state index in [9.17, 15) is 4.79 Å². The number of carbonyl (C=O) groups is 1. The van der Waals surface area contributed by atoms with E-state index in [4.69, 9.17) is 0 Å². The number of piperazine rings is 1. The van der Waals surface area contributed by atoms with Gasteiger partial charge in [-0.2, -0.15) is 0 Å². The molecule has 1 amide bonds. The molecule has 3 aromatic rings. The highest BCUT2D eigenvalue weighted by Crippen LogP contribution is 2.27. The van der Waals surface area contributed by atoms with Crippen LogP contribution in [0.1, 0.15) is 9.80 Å². The molecular weight excluding hydrogens is 338 g/mol. The van der Waals surface area contributed by atoms with Gasteiger partial charge in [-0.3, -0.25) is 4.79 Å². The number of thiazole rings is 1. The van der Waals surface area contributed by atoms with Gasteiger partial charge in [0.05, 0.1) is 10.6 Å². The SMILES string of the molecule is O=C(c1nc(-c2cccs2)cs1)N1CCN(c2ccccc2)CC1. The molecule has 0 bridgehead atoms. The summed E-state index contributed by atoms with van der Waals surface area (Å²) in [6, 6.07) is 14.4. The van der Waals surface area contributed by atoms with Crippen LogP contribution in [0.25, 0.3) is 10.6 Å². The average Bonchev–Trinajstić information content (AvgIpc) is 3.33. The summed E-state index contributed by atoms with van der Waals surface area (Å²) in [7, 11) is 0. The standard InChI is InChI=1S/C18H17N3OS2/c22-18(17-19-15(13-24-17)16-7-4-12-23-16)21-10-8-20(9-11-21)14-5-2-1-3-6-14/h1-7,12-13H,8-11H2. The molecule has 0 saturated carbocycles. The van der Waals surface area contributed by atoms with Crippen molar-refractivity contribution in [2.24, 2.45) is 0 Å². The summed E-state index contributed by atoms with van der Waals surface area (Å²) in [5.74, 6) is 0.0514. The highest BCUT2D eigenvalue weighted by molar-refractivity contribution is 7.15. The molecule has 1 aromatic carbocycles. The van der Waals surface area contributed by atoms with E-state index in [0.717, 1.165) is 36.8 Å². The Labute approximate surface area is 149 Å². The van der Waals surface area contributed by atoms with Gasteiger partial charge < -0.3 is 9.80 Å². The summed E-state index contributed by atoms with van der Waals surface area (Å²) < 4.78 is 0. The summed E-state index contributed by atoms with van der Waals surface area (Å²) >= 11 is 3.08. The van der Waals surface area contributed by atoms with Crippen molar-refractivity contribution < 1.29 is 4.79 Å². The Kier molecular flexibility index (Phi) is 4.32. The third-order valence-corrected chi connectivity index (χ3v) is 5.87. The van der Waals surface area contributed by atoms with Gasteiger partial charge in [0.1, 0.15) is 0 Å². The summed E-state index contributed by atoms with van der Waals surface area (Å²) in [6.45, 7) is 3.20. The first-order valence-electron chi connectivity index (χ1n) is 7.90. The smallest absolute Gasteiger partial charge is 0.282 e. The van der Waals surface area contributed by atoms with E-state index in [1.54, 1.807) is 11.3 Å². The fourth-order valence-electron chi connectivity index (χ4n) is 2.85. The summed E-state index contributed by atoms with van der Waals surface area (Å²) in [5, 5.41) is 4.59. The zero-order valence-corrected chi connectivity index (χ0v) is 14.7. The van der Waals surface area contributed by atoms with Crippen molar-refractivity contribution in [3.63, 3.8) is 0 Å². The van der Waals surface area contributed by atoms with Crippen molar-refractivity contribution in [1.29, 1.82) is 0 Å². The number of hydrogen-bond acceptors (Lipinski definition) is 5. The second-order valence-electron chi connectivity index (χ2n) is 5.63. The molecule has 2 aromatic heterocycles. The molecule has 0 spiro atoms. The molecule has 1 aliphatic heterocycles. The van der Waals surface area contributed by atoms with E-state index in [2.05, 4.69) is 34.1 Å². The largest absolute Gasteiger partial charge is 0.368 e. The van der Waals surface area contributed by atoms with Gasteiger partial charge in [0, 0.05) is 37.2 Å². The lowest BCUT2D eigenvalue weighted by Crippen LogP contribution is -2.48. The molecule has 0 atom stereocenters. The van der Waals surface area contributed by atoms with Gasteiger partial charge in [0.25, 0.3) is 5.91 Å². The molecule has 3 heterocycles. The van der Waals surface area contributed by atoms with Crippen molar-refractivity contribution in [3.05, 3.63) is 58.2 Å². The first kappa shape index (κ1) is 15.4. The minimum Gasteiger partial charge on any atom is -0.368 e.